The third-order valence-corrected chi connectivity index (χ3v) is 5.61. The summed E-state index contributed by atoms with van der Waals surface area (Å²) in [7, 11) is 1.63. The van der Waals surface area contributed by atoms with E-state index in [4.69, 9.17) is 21.1 Å². The number of hydrogen-bond acceptors (Lipinski definition) is 6. The molecule has 1 aliphatic rings. The van der Waals surface area contributed by atoms with E-state index in [9.17, 15) is 4.79 Å². The fourth-order valence-electron chi connectivity index (χ4n) is 3.78. The van der Waals surface area contributed by atoms with E-state index in [1.54, 1.807) is 53.3 Å². The minimum absolute atomic E-state index is 0.159. The van der Waals surface area contributed by atoms with Crippen LogP contribution in [0, 0.1) is 0 Å². The minimum atomic E-state index is -0.398. The minimum Gasteiger partial charge on any atom is -0.497 e. The Morgan fingerprint density at radius 1 is 1.12 bits per heavy atom. The Labute approximate surface area is 189 Å². The number of nitrogens with zero attached hydrogens (tertiary/aromatic N) is 5. The van der Waals surface area contributed by atoms with Crippen molar-refractivity contribution in [3.05, 3.63) is 77.6 Å². The monoisotopic (exact) mass is 449 g/mol. The number of halogens is 1. The summed E-state index contributed by atoms with van der Waals surface area (Å²) < 4.78 is 13.0. The van der Waals surface area contributed by atoms with Crippen LogP contribution in [0.1, 0.15) is 22.3 Å². The summed E-state index contributed by atoms with van der Waals surface area (Å²) >= 11 is 6.05. The molecule has 1 aromatic carbocycles. The fourth-order valence-corrected chi connectivity index (χ4v) is 3.95. The molecule has 1 atom stereocenters. The van der Waals surface area contributed by atoms with E-state index in [0.717, 1.165) is 17.0 Å². The Bertz CT molecular complexity index is 1270. The van der Waals surface area contributed by atoms with Crippen molar-refractivity contribution in [3.63, 3.8) is 0 Å². The average molecular weight is 450 g/mol. The number of aromatic nitrogens is 4. The number of hydrogen-bond donors (Lipinski definition) is 0. The molecule has 1 fully saturated rings. The number of fused-ring (bicyclic) bond motifs is 1. The van der Waals surface area contributed by atoms with Gasteiger partial charge >= 0.3 is 0 Å². The molecule has 4 heterocycles. The van der Waals surface area contributed by atoms with Gasteiger partial charge < -0.3 is 18.8 Å². The van der Waals surface area contributed by atoms with Gasteiger partial charge in [-0.05, 0) is 36.4 Å². The van der Waals surface area contributed by atoms with E-state index in [-0.39, 0.29) is 5.91 Å². The lowest BCUT2D eigenvalue weighted by Gasteiger charge is -2.32. The Balaban J connectivity index is 1.40. The number of carbonyl (C=O) groups excluding carboxylic acids is 1. The lowest BCUT2D eigenvalue weighted by molar-refractivity contribution is -0.0247. The van der Waals surface area contributed by atoms with E-state index in [1.165, 1.54) is 0 Å². The first-order valence-corrected chi connectivity index (χ1v) is 10.5. The zero-order valence-electron chi connectivity index (χ0n) is 17.3. The summed E-state index contributed by atoms with van der Waals surface area (Å²) in [6.45, 7) is 1.23. The van der Waals surface area contributed by atoms with Gasteiger partial charge in [0, 0.05) is 36.9 Å². The van der Waals surface area contributed by atoms with Crippen LogP contribution in [0.3, 0.4) is 0 Å². The van der Waals surface area contributed by atoms with Crippen molar-refractivity contribution in [1.29, 1.82) is 0 Å². The van der Waals surface area contributed by atoms with Crippen LogP contribution in [0.15, 0.2) is 61.2 Å². The number of imidazole rings is 1. The molecule has 0 aliphatic carbocycles. The predicted molar refractivity (Wildman–Crippen MR) is 119 cm³/mol. The standard InChI is InChI=1S/C23H20ClN5O3/c1-31-17-5-2-15(3-6-17)21-22(26-9-8-25-21)19-14-28(10-11-32-19)23(30)18-13-29-12-16(24)4-7-20(29)27-18/h2-9,12-13,19H,10-11,14H2,1H3/t19-/m0/s1. The quantitative estimate of drug-likeness (QED) is 0.473. The highest BCUT2D eigenvalue weighted by atomic mass is 35.5. The molecular formula is C23H20ClN5O3. The molecule has 0 bridgehead atoms. The molecule has 9 heteroatoms. The Hall–Kier alpha value is -3.49. The second kappa shape index (κ2) is 8.57. The van der Waals surface area contributed by atoms with Gasteiger partial charge in [0.25, 0.3) is 5.91 Å². The molecular weight excluding hydrogens is 430 g/mol. The van der Waals surface area contributed by atoms with Crippen LogP contribution in [0.5, 0.6) is 5.75 Å². The Kier molecular flexibility index (Phi) is 5.46. The topological polar surface area (TPSA) is 81.9 Å². The van der Waals surface area contributed by atoms with Crippen molar-refractivity contribution < 1.29 is 14.3 Å². The first-order chi connectivity index (χ1) is 15.6. The van der Waals surface area contributed by atoms with Gasteiger partial charge in [-0.1, -0.05) is 11.6 Å². The van der Waals surface area contributed by atoms with Crippen LogP contribution in [0.25, 0.3) is 16.9 Å². The summed E-state index contributed by atoms with van der Waals surface area (Å²) in [4.78, 5) is 28.4. The normalized spacial score (nSPS) is 16.3. The molecule has 4 aromatic rings. The summed E-state index contributed by atoms with van der Waals surface area (Å²) in [6.07, 6.45) is 6.31. The van der Waals surface area contributed by atoms with Gasteiger partial charge in [-0.3, -0.25) is 14.8 Å². The van der Waals surface area contributed by atoms with Crippen molar-refractivity contribution in [2.75, 3.05) is 26.8 Å². The van der Waals surface area contributed by atoms with Crippen LogP contribution >= 0.6 is 11.6 Å². The molecule has 0 spiro atoms. The van der Waals surface area contributed by atoms with Crippen LogP contribution in [-0.4, -0.2) is 57.0 Å². The third-order valence-electron chi connectivity index (χ3n) is 5.38. The predicted octanol–water partition coefficient (Wildman–Crippen LogP) is 3.67. The fraction of sp³-hybridized carbons (Fsp3) is 0.217. The van der Waals surface area contributed by atoms with E-state index >= 15 is 0 Å². The maximum absolute atomic E-state index is 13.2. The number of morpholine rings is 1. The zero-order valence-corrected chi connectivity index (χ0v) is 18.1. The number of rotatable bonds is 4. The molecule has 0 radical (unpaired) electrons. The molecule has 1 saturated heterocycles. The molecule has 0 N–H and O–H groups in total. The lowest BCUT2D eigenvalue weighted by atomic mass is 10.0. The summed E-state index contributed by atoms with van der Waals surface area (Å²) in [5.74, 6) is 0.603. The maximum atomic E-state index is 13.2. The molecule has 1 aliphatic heterocycles. The average Bonchev–Trinajstić information content (AvgIpc) is 3.27. The van der Waals surface area contributed by atoms with E-state index < -0.39 is 6.10 Å². The van der Waals surface area contributed by atoms with E-state index in [2.05, 4.69) is 15.0 Å². The largest absolute Gasteiger partial charge is 0.497 e. The number of pyridine rings is 1. The highest BCUT2D eigenvalue weighted by Crippen LogP contribution is 2.30. The molecule has 5 rings (SSSR count). The molecule has 162 valence electrons. The lowest BCUT2D eigenvalue weighted by Crippen LogP contribution is -2.42. The molecule has 0 saturated carbocycles. The van der Waals surface area contributed by atoms with Crippen LogP contribution in [0.2, 0.25) is 5.02 Å². The van der Waals surface area contributed by atoms with Crippen LogP contribution < -0.4 is 4.74 Å². The van der Waals surface area contributed by atoms with Crippen molar-refractivity contribution in [2.24, 2.45) is 0 Å². The van der Waals surface area contributed by atoms with Gasteiger partial charge in [-0.2, -0.15) is 0 Å². The number of methoxy groups -OCH3 is 1. The summed E-state index contributed by atoms with van der Waals surface area (Å²) in [5, 5.41) is 0.578. The van der Waals surface area contributed by atoms with E-state index in [0.29, 0.717) is 41.8 Å². The van der Waals surface area contributed by atoms with Crippen molar-refractivity contribution in [3.8, 4) is 17.0 Å². The first kappa shape index (κ1) is 20.4. The van der Waals surface area contributed by atoms with Gasteiger partial charge in [-0.15, -0.1) is 0 Å². The molecule has 0 unspecified atom stereocenters. The second-order valence-electron chi connectivity index (χ2n) is 7.37. The SMILES string of the molecule is COc1ccc(-c2nccnc2[C@@H]2CN(C(=O)c3cn4cc(Cl)ccc4n3)CCO2)cc1. The van der Waals surface area contributed by atoms with Gasteiger partial charge in [0.15, 0.2) is 0 Å². The Morgan fingerprint density at radius 3 is 2.75 bits per heavy atom. The molecule has 32 heavy (non-hydrogen) atoms. The highest BCUT2D eigenvalue weighted by Gasteiger charge is 2.30. The van der Waals surface area contributed by atoms with Crippen LogP contribution in [-0.2, 0) is 4.74 Å². The van der Waals surface area contributed by atoms with Crippen molar-refractivity contribution in [1.82, 2.24) is 24.3 Å². The van der Waals surface area contributed by atoms with Gasteiger partial charge in [0.1, 0.15) is 23.2 Å². The highest BCUT2D eigenvalue weighted by molar-refractivity contribution is 6.30. The van der Waals surface area contributed by atoms with Gasteiger partial charge in [0.2, 0.25) is 0 Å². The summed E-state index contributed by atoms with van der Waals surface area (Å²) in [6, 6.07) is 11.1. The zero-order chi connectivity index (χ0) is 22.1. The molecule has 1 amide bonds. The van der Waals surface area contributed by atoms with Crippen molar-refractivity contribution >= 4 is 23.2 Å². The third kappa shape index (κ3) is 3.90. The first-order valence-electron chi connectivity index (χ1n) is 10.1. The van der Waals surface area contributed by atoms with Crippen molar-refractivity contribution in [2.45, 2.75) is 6.10 Å². The second-order valence-corrected chi connectivity index (χ2v) is 7.80. The molecule has 3 aromatic heterocycles. The number of ether oxygens (including phenoxy) is 2. The van der Waals surface area contributed by atoms with Gasteiger partial charge in [0.05, 0.1) is 36.7 Å². The number of benzene rings is 1. The maximum Gasteiger partial charge on any atom is 0.274 e. The summed E-state index contributed by atoms with van der Waals surface area (Å²) in [5.41, 5.74) is 3.34. The smallest absolute Gasteiger partial charge is 0.274 e. The van der Waals surface area contributed by atoms with Crippen LogP contribution in [0.4, 0.5) is 0 Å². The van der Waals surface area contributed by atoms with Gasteiger partial charge in [-0.25, -0.2) is 4.98 Å². The molecule has 8 nitrogen and oxygen atoms in total. The Morgan fingerprint density at radius 2 is 1.94 bits per heavy atom. The van der Waals surface area contributed by atoms with E-state index in [1.807, 2.05) is 24.3 Å². The number of carbonyl (C=O) groups is 1. The number of amides is 1.